The van der Waals surface area contributed by atoms with Crippen LogP contribution in [0.15, 0.2) is 35.3 Å². The van der Waals surface area contributed by atoms with Crippen molar-refractivity contribution in [3.05, 3.63) is 35.9 Å². The second kappa shape index (κ2) is 8.58. The van der Waals surface area contributed by atoms with Crippen LogP contribution in [0.1, 0.15) is 38.2 Å². The molecule has 1 saturated heterocycles. The van der Waals surface area contributed by atoms with E-state index in [0.29, 0.717) is 6.54 Å². The molecule has 0 aliphatic carbocycles. The lowest BCUT2D eigenvalue weighted by molar-refractivity contribution is -0.127. The van der Waals surface area contributed by atoms with E-state index in [9.17, 15) is 9.59 Å². The topological polar surface area (TPSA) is 65.0 Å². The van der Waals surface area contributed by atoms with Gasteiger partial charge >= 0.3 is 6.03 Å². The Hall–Kier alpha value is -2.02. The van der Waals surface area contributed by atoms with Gasteiger partial charge in [-0.05, 0) is 12.0 Å². The summed E-state index contributed by atoms with van der Waals surface area (Å²) in [6.45, 7) is 2.81. The predicted octanol–water partition coefficient (Wildman–Crippen LogP) is 3.05. The lowest BCUT2D eigenvalue weighted by atomic mass is 10.1. The molecule has 1 aromatic rings. The highest BCUT2D eigenvalue weighted by Crippen LogP contribution is 2.30. The average Bonchev–Trinajstić information content (AvgIpc) is 2.99. The number of likely N-dealkylation sites (N-methyl/N-ethyl adjacent to an activating group) is 1. The molecule has 2 atom stereocenters. The number of nitrogens with one attached hydrogen (secondary N) is 1. The van der Waals surface area contributed by atoms with Crippen LogP contribution < -0.4 is 5.32 Å². The van der Waals surface area contributed by atoms with Crippen molar-refractivity contribution in [2.75, 3.05) is 12.8 Å². The van der Waals surface area contributed by atoms with E-state index in [1.807, 2.05) is 35.2 Å². The number of imide groups is 1. The number of amides is 3. The summed E-state index contributed by atoms with van der Waals surface area (Å²) in [5.41, 5.74) is 1.12. The first-order chi connectivity index (χ1) is 12.6. The summed E-state index contributed by atoms with van der Waals surface area (Å²) < 4.78 is 0. The van der Waals surface area contributed by atoms with Gasteiger partial charge in [-0.3, -0.25) is 10.1 Å². The van der Waals surface area contributed by atoms with Crippen LogP contribution in [0.4, 0.5) is 4.79 Å². The highest BCUT2D eigenvalue weighted by molar-refractivity contribution is 8.13. The molecule has 3 rings (SSSR count). The van der Waals surface area contributed by atoms with Gasteiger partial charge in [0.1, 0.15) is 0 Å². The molecule has 1 N–H and O–H groups in total. The van der Waals surface area contributed by atoms with Gasteiger partial charge in [0, 0.05) is 19.3 Å². The molecule has 140 valence electrons. The molecule has 26 heavy (non-hydrogen) atoms. The zero-order valence-electron chi connectivity index (χ0n) is 15.4. The number of amidine groups is 1. The zero-order chi connectivity index (χ0) is 18.5. The van der Waals surface area contributed by atoms with Crippen LogP contribution >= 0.6 is 11.8 Å². The number of nitrogens with zero attached hydrogens (tertiary/aromatic N) is 3. The van der Waals surface area contributed by atoms with Gasteiger partial charge in [-0.15, -0.1) is 0 Å². The number of unbranched alkanes of at least 4 members (excludes halogenated alkanes) is 3. The fourth-order valence-electron chi connectivity index (χ4n) is 3.26. The minimum absolute atomic E-state index is 0.264. The van der Waals surface area contributed by atoms with E-state index in [1.165, 1.54) is 24.2 Å². The molecular weight excluding hydrogens is 348 g/mol. The van der Waals surface area contributed by atoms with Gasteiger partial charge in [0.25, 0.3) is 5.91 Å². The number of thioether (sulfide) groups is 1. The SMILES string of the molecule is CCCCCCSC1=NC2C(C(=O)NC(=O)N2C)N1Cc1ccccc1. The van der Waals surface area contributed by atoms with Crippen molar-refractivity contribution in [3.8, 4) is 0 Å². The molecule has 3 amide bonds. The van der Waals surface area contributed by atoms with Crippen LogP contribution in [0.2, 0.25) is 0 Å². The number of rotatable bonds is 7. The standard InChI is InChI=1S/C19H26N4O2S/c1-3-4-5-9-12-26-19-20-16-15(17(24)21-18(25)22(16)2)23(19)13-14-10-7-6-8-11-14/h6-8,10-11,15-16H,3-5,9,12-13H2,1-2H3,(H,21,24,25). The van der Waals surface area contributed by atoms with Gasteiger partial charge in [0.2, 0.25) is 0 Å². The minimum Gasteiger partial charge on any atom is -0.331 e. The summed E-state index contributed by atoms with van der Waals surface area (Å²) in [5, 5.41) is 3.30. The van der Waals surface area contributed by atoms with Crippen LogP contribution in [-0.4, -0.2) is 51.9 Å². The maximum atomic E-state index is 12.5. The Morgan fingerprint density at radius 1 is 1.15 bits per heavy atom. The molecule has 1 fully saturated rings. The molecule has 0 saturated carbocycles. The molecular formula is C19H26N4O2S. The first-order valence-corrected chi connectivity index (χ1v) is 10.2. The Morgan fingerprint density at radius 2 is 1.92 bits per heavy atom. The van der Waals surface area contributed by atoms with E-state index >= 15 is 0 Å². The normalized spacial score (nSPS) is 22.3. The summed E-state index contributed by atoms with van der Waals surface area (Å²) in [7, 11) is 1.69. The Labute approximate surface area is 159 Å². The van der Waals surface area contributed by atoms with Crippen LogP contribution in [-0.2, 0) is 11.3 Å². The van der Waals surface area contributed by atoms with Gasteiger partial charge in [0.05, 0.1) is 0 Å². The van der Waals surface area contributed by atoms with Crippen molar-refractivity contribution < 1.29 is 9.59 Å². The van der Waals surface area contributed by atoms with Crippen molar-refractivity contribution in [1.29, 1.82) is 0 Å². The van der Waals surface area contributed by atoms with E-state index in [-0.39, 0.29) is 11.9 Å². The second-order valence-electron chi connectivity index (χ2n) is 6.70. The molecule has 2 aliphatic heterocycles. The number of hydrogen-bond donors (Lipinski definition) is 1. The Morgan fingerprint density at radius 3 is 2.65 bits per heavy atom. The molecule has 7 heteroatoms. The van der Waals surface area contributed by atoms with Crippen molar-refractivity contribution in [3.63, 3.8) is 0 Å². The summed E-state index contributed by atoms with van der Waals surface area (Å²) in [5.74, 6) is 0.711. The molecule has 0 bridgehead atoms. The second-order valence-corrected chi connectivity index (χ2v) is 7.76. The molecule has 1 aromatic carbocycles. The summed E-state index contributed by atoms with van der Waals surface area (Å²) >= 11 is 1.69. The number of carbonyl (C=O) groups is 2. The van der Waals surface area contributed by atoms with Crippen LogP contribution in [0.25, 0.3) is 0 Å². The number of hydrogen-bond acceptors (Lipinski definition) is 5. The molecule has 2 unspecified atom stereocenters. The van der Waals surface area contributed by atoms with E-state index in [1.54, 1.807) is 18.8 Å². The molecule has 2 heterocycles. The monoisotopic (exact) mass is 374 g/mol. The summed E-state index contributed by atoms with van der Waals surface area (Å²) in [6, 6.07) is 9.22. The molecule has 6 nitrogen and oxygen atoms in total. The van der Waals surface area contributed by atoms with Gasteiger partial charge < -0.3 is 9.80 Å². The van der Waals surface area contributed by atoms with Gasteiger partial charge in [0.15, 0.2) is 17.4 Å². The molecule has 0 spiro atoms. The molecule has 0 radical (unpaired) electrons. The largest absolute Gasteiger partial charge is 0.331 e. The van der Waals surface area contributed by atoms with Crippen LogP contribution in [0, 0.1) is 0 Å². The number of carbonyl (C=O) groups excluding carboxylic acids is 2. The van der Waals surface area contributed by atoms with E-state index in [0.717, 1.165) is 22.9 Å². The smallest absolute Gasteiger partial charge is 0.325 e. The van der Waals surface area contributed by atoms with E-state index < -0.39 is 12.2 Å². The lowest BCUT2D eigenvalue weighted by Crippen LogP contribution is -2.63. The quantitative estimate of drug-likeness (QED) is 0.745. The molecule has 0 aromatic heterocycles. The first-order valence-electron chi connectivity index (χ1n) is 9.20. The van der Waals surface area contributed by atoms with Crippen molar-refractivity contribution in [2.24, 2.45) is 4.99 Å². The van der Waals surface area contributed by atoms with Gasteiger partial charge in [-0.1, -0.05) is 68.3 Å². The summed E-state index contributed by atoms with van der Waals surface area (Å²) in [4.78, 5) is 32.8. The van der Waals surface area contributed by atoms with E-state index in [4.69, 9.17) is 4.99 Å². The van der Waals surface area contributed by atoms with Gasteiger partial charge in [-0.2, -0.15) is 0 Å². The van der Waals surface area contributed by atoms with E-state index in [2.05, 4.69) is 12.2 Å². The van der Waals surface area contributed by atoms with Crippen LogP contribution in [0.3, 0.4) is 0 Å². The van der Waals surface area contributed by atoms with Crippen molar-refractivity contribution in [2.45, 2.75) is 51.4 Å². The number of benzene rings is 1. The number of urea groups is 1. The Bertz CT molecular complexity index is 679. The zero-order valence-corrected chi connectivity index (χ0v) is 16.2. The minimum atomic E-state index is -0.462. The third-order valence-corrected chi connectivity index (χ3v) is 5.84. The third-order valence-electron chi connectivity index (χ3n) is 4.75. The first kappa shape index (κ1) is 18.8. The number of aliphatic imine (C=N–C) groups is 1. The third kappa shape index (κ3) is 4.03. The predicted molar refractivity (Wildman–Crippen MR) is 105 cm³/mol. The van der Waals surface area contributed by atoms with Crippen molar-refractivity contribution >= 4 is 28.9 Å². The fraction of sp³-hybridized carbons (Fsp3) is 0.526. The van der Waals surface area contributed by atoms with Crippen molar-refractivity contribution in [1.82, 2.24) is 15.1 Å². The summed E-state index contributed by atoms with van der Waals surface area (Å²) in [6.07, 6.45) is 4.35. The van der Waals surface area contributed by atoms with Crippen LogP contribution in [0.5, 0.6) is 0 Å². The maximum absolute atomic E-state index is 12.5. The Balaban J connectivity index is 1.76. The maximum Gasteiger partial charge on any atom is 0.325 e. The molecule has 2 aliphatic rings. The highest BCUT2D eigenvalue weighted by Gasteiger charge is 2.48. The Kier molecular flexibility index (Phi) is 6.19. The lowest BCUT2D eigenvalue weighted by Gasteiger charge is -2.36. The fourth-order valence-corrected chi connectivity index (χ4v) is 4.32. The van der Waals surface area contributed by atoms with Gasteiger partial charge in [-0.25, -0.2) is 9.79 Å². The highest BCUT2D eigenvalue weighted by atomic mass is 32.2. The number of fused-ring (bicyclic) bond motifs is 1. The average molecular weight is 375 g/mol.